The first-order chi connectivity index (χ1) is 11.7. The maximum atomic E-state index is 11.7. The number of hydrogen-bond acceptors (Lipinski definition) is 8. The lowest BCUT2D eigenvalue weighted by molar-refractivity contribution is -0.210. The predicted octanol–water partition coefficient (Wildman–Crippen LogP) is 1.96. The molecule has 2 aliphatic rings. The fourth-order valence-electron chi connectivity index (χ4n) is 3.14. The molecule has 1 aromatic carbocycles. The molecule has 2 aliphatic heterocycles. The highest BCUT2D eigenvalue weighted by Gasteiger charge is 2.56. The highest BCUT2D eigenvalue weighted by Crippen LogP contribution is 2.40. The number of nitrogens with zero attached hydrogens (tertiary/aromatic N) is 1. The number of sulfone groups is 1. The lowest BCUT2D eigenvalue weighted by Gasteiger charge is -2.25. The molecule has 4 rings (SSSR count). The Hall–Kier alpha value is -1.26. The topological polar surface area (TPSA) is 84.0 Å². The van der Waals surface area contributed by atoms with Crippen LogP contribution in [0.15, 0.2) is 24.3 Å². The molecule has 0 radical (unpaired) electrons. The van der Waals surface area contributed by atoms with Crippen molar-refractivity contribution >= 4 is 31.4 Å². The average molecular weight is 385 g/mol. The zero-order valence-corrected chi connectivity index (χ0v) is 15.7. The fourth-order valence-corrected chi connectivity index (χ4v) is 4.86. The van der Waals surface area contributed by atoms with E-state index in [4.69, 9.17) is 18.9 Å². The minimum atomic E-state index is -3.25. The Kier molecular flexibility index (Phi) is 4.04. The molecule has 0 saturated carbocycles. The van der Waals surface area contributed by atoms with Crippen molar-refractivity contribution in [3.8, 4) is 5.19 Å². The molecule has 0 amide bonds. The van der Waals surface area contributed by atoms with E-state index in [1.807, 2.05) is 24.3 Å². The number of thiazole rings is 1. The molecule has 2 aromatic rings. The Morgan fingerprint density at radius 2 is 2.04 bits per heavy atom. The summed E-state index contributed by atoms with van der Waals surface area (Å²) in [6, 6.07) is 7.70. The number of ether oxygens (including phenoxy) is 4. The van der Waals surface area contributed by atoms with Gasteiger partial charge in [0.1, 0.15) is 15.9 Å². The summed E-state index contributed by atoms with van der Waals surface area (Å²) >= 11 is 1.40. The lowest BCUT2D eigenvalue weighted by atomic mass is 10.1. The molecule has 0 spiro atoms. The molecule has 7 nitrogen and oxygen atoms in total. The average Bonchev–Trinajstić information content (AvgIpc) is 3.09. The van der Waals surface area contributed by atoms with E-state index >= 15 is 0 Å². The molecule has 4 atom stereocenters. The summed E-state index contributed by atoms with van der Waals surface area (Å²) in [6.45, 7) is 3.57. The van der Waals surface area contributed by atoms with Gasteiger partial charge in [-0.05, 0) is 26.0 Å². The second kappa shape index (κ2) is 5.88. The van der Waals surface area contributed by atoms with Gasteiger partial charge in [-0.2, -0.15) is 0 Å². The first-order valence-corrected chi connectivity index (χ1v) is 10.8. The van der Waals surface area contributed by atoms with Crippen LogP contribution < -0.4 is 4.74 Å². The summed E-state index contributed by atoms with van der Waals surface area (Å²) in [4.78, 5) is 4.45. The van der Waals surface area contributed by atoms with Crippen LogP contribution in [-0.2, 0) is 24.0 Å². The number of aromatic nitrogens is 1. The Morgan fingerprint density at radius 3 is 2.76 bits per heavy atom. The number of benzene rings is 1. The third kappa shape index (κ3) is 3.52. The molecule has 2 fully saturated rings. The predicted molar refractivity (Wildman–Crippen MR) is 92.4 cm³/mol. The zero-order chi connectivity index (χ0) is 17.8. The quantitative estimate of drug-likeness (QED) is 0.795. The number of hydrogen-bond donors (Lipinski definition) is 0. The van der Waals surface area contributed by atoms with E-state index < -0.39 is 40.2 Å². The van der Waals surface area contributed by atoms with Crippen molar-refractivity contribution < 1.29 is 27.4 Å². The van der Waals surface area contributed by atoms with Crippen LogP contribution in [0.25, 0.3) is 10.2 Å². The van der Waals surface area contributed by atoms with Crippen LogP contribution in [0.2, 0.25) is 0 Å². The van der Waals surface area contributed by atoms with Crippen LogP contribution in [-0.4, -0.2) is 55.8 Å². The van der Waals surface area contributed by atoms with Crippen molar-refractivity contribution in [3.63, 3.8) is 0 Å². The first kappa shape index (κ1) is 17.2. The summed E-state index contributed by atoms with van der Waals surface area (Å²) < 4.78 is 47.9. The summed E-state index contributed by atoms with van der Waals surface area (Å²) in [5, 5.41) is 0.460. The van der Waals surface area contributed by atoms with Gasteiger partial charge >= 0.3 is 0 Å². The van der Waals surface area contributed by atoms with E-state index in [-0.39, 0.29) is 5.75 Å². The Morgan fingerprint density at radius 1 is 1.28 bits per heavy atom. The fraction of sp³-hybridized carbons (Fsp3) is 0.562. The summed E-state index contributed by atoms with van der Waals surface area (Å²) in [5.41, 5.74) is 0.835. The Labute approximate surface area is 149 Å². The summed E-state index contributed by atoms with van der Waals surface area (Å²) in [7, 11) is -3.25. The van der Waals surface area contributed by atoms with Crippen LogP contribution in [0.3, 0.4) is 0 Å². The van der Waals surface area contributed by atoms with Crippen molar-refractivity contribution in [2.75, 3.05) is 12.0 Å². The van der Waals surface area contributed by atoms with Crippen LogP contribution in [0.1, 0.15) is 13.8 Å². The van der Waals surface area contributed by atoms with Gasteiger partial charge in [0.25, 0.3) is 5.19 Å². The minimum Gasteiger partial charge on any atom is -0.461 e. The highest BCUT2D eigenvalue weighted by molar-refractivity contribution is 7.90. The maximum Gasteiger partial charge on any atom is 0.274 e. The summed E-state index contributed by atoms with van der Waals surface area (Å²) in [6.07, 6.45) is -1.27. The molecular weight excluding hydrogens is 366 g/mol. The third-order valence-corrected chi connectivity index (χ3v) is 5.93. The van der Waals surface area contributed by atoms with Crippen LogP contribution in [0, 0.1) is 0 Å². The molecule has 9 heteroatoms. The van der Waals surface area contributed by atoms with Gasteiger partial charge in [-0.25, -0.2) is 13.4 Å². The van der Waals surface area contributed by atoms with Gasteiger partial charge in [0.2, 0.25) is 0 Å². The molecule has 0 N–H and O–H groups in total. The van der Waals surface area contributed by atoms with Gasteiger partial charge < -0.3 is 18.9 Å². The van der Waals surface area contributed by atoms with Gasteiger partial charge in [0.15, 0.2) is 24.3 Å². The minimum absolute atomic E-state index is 0.164. The Balaban J connectivity index is 1.62. The second-order valence-electron chi connectivity index (χ2n) is 6.77. The van der Waals surface area contributed by atoms with Gasteiger partial charge in [-0.3, -0.25) is 0 Å². The zero-order valence-electron chi connectivity index (χ0n) is 14.0. The third-order valence-electron chi connectivity index (χ3n) is 4.07. The standard InChI is InChI=1S/C16H19NO6S2/c1-16(2)22-13-12(10(8-25(3,18)19)20-14(13)23-16)21-15-17-9-6-4-5-7-11(9)24-15/h4-7,10,12-14H,8H2,1-3H3/t10-,12+,13-,14-/m1/s1. The van der Waals surface area contributed by atoms with E-state index in [0.717, 1.165) is 10.2 Å². The van der Waals surface area contributed by atoms with Gasteiger partial charge in [-0.1, -0.05) is 23.5 Å². The van der Waals surface area contributed by atoms with Gasteiger partial charge in [-0.15, -0.1) is 0 Å². The molecule has 0 bridgehead atoms. The molecule has 25 heavy (non-hydrogen) atoms. The monoisotopic (exact) mass is 385 g/mol. The number of rotatable bonds is 4. The highest BCUT2D eigenvalue weighted by atomic mass is 32.2. The van der Waals surface area contributed by atoms with Gasteiger partial charge in [0, 0.05) is 6.26 Å². The molecule has 3 heterocycles. The van der Waals surface area contributed by atoms with Crippen LogP contribution in [0.4, 0.5) is 0 Å². The van der Waals surface area contributed by atoms with Crippen molar-refractivity contribution in [2.45, 2.75) is 44.2 Å². The molecular formula is C16H19NO6S2. The van der Waals surface area contributed by atoms with E-state index in [0.29, 0.717) is 5.19 Å². The normalized spacial score (nSPS) is 31.3. The number of fused-ring (bicyclic) bond motifs is 2. The number of para-hydroxylation sites is 1. The molecule has 0 aliphatic carbocycles. The smallest absolute Gasteiger partial charge is 0.274 e. The van der Waals surface area contributed by atoms with E-state index in [1.54, 1.807) is 13.8 Å². The molecule has 1 aromatic heterocycles. The molecule has 0 unspecified atom stereocenters. The van der Waals surface area contributed by atoms with Crippen molar-refractivity contribution in [1.29, 1.82) is 0 Å². The van der Waals surface area contributed by atoms with Crippen LogP contribution in [0.5, 0.6) is 5.19 Å². The summed E-state index contributed by atoms with van der Waals surface area (Å²) in [5.74, 6) is -0.969. The van der Waals surface area contributed by atoms with E-state index in [1.165, 1.54) is 17.6 Å². The van der Waals surface area contributed by atoms with E-state index in [2.05, 4.69) is 4.98 Å². The molecule has 2 saturated heterocycles. The second-order valence-corrected chi connectivity index (χ2v) is 9.94. The Bertz CT molecular complexity index is 860. The van der Waals surface area contributed by atoms with E-state index in [9.17, 15) is 8.42 Å². The molecule has 136 valence electrons. The van der Waals surface area contributed by atoms with Crippen molar-refractivity contribution in [2.24, 2.45) is 0 Å². The first-order valence-electron chi connectivity index (χ1n) is 7.91. The van der Waals surface area contributed by atoms with Crippen molar-refractivity contribution in [3.05, 3.63) is 24.3 Å². The van der Waals surface area contributed by atoms with Crippen molar-refractivity contribution in [1.82, 2.24) is 4.98 Å². The van der Waals surface area contributed by atoms with Gasteiger partial charge in [0.05, 0.1) is 16.0 Å². The lowest BCUT2D eigenvalue weighted by Crippen LogP contribution is -2.41. The SMILES string of the molecule is CC1(C)O[C@H]2O[C@H](CS(C)(=O)=O)[C@H](Oc3nc4ccccc4s3)[C@H]2O1. The largest absolute Gasteiger partial charge is 0.461 e. The maximum absolute atomic E-state index is 11.7. The van der Waals surface area contributed by atoms with Crippen LogP contribution >= 0.6 is 11.3 Å².